The number of amides is 2. The van der Waals surface area contributed by atoms with Crippen molar-refractivity contribution in [3.05, 3.63) is 30.0 Å². The Morgan fingerprint density at radius 3 is 2.55 bits per heavy atom. The van der Waals surface area contributed by atoms with E-state index in [-0.39, 0.29) is 11.5 Å². The molecule has 0 aliphatic rings. The van der Waals surface area contributed by atoms with Crippen LogP contribution in [-0.4, -0.2) is 29.4 Å². The molecule has 9 heteroatoms. The molecule has 0 bridgehead atoms. The molecular weight excluding hydrogens is 266 g/mol. The van der Waals surface area contributed by atoms with E-state index in [9.17, 15) is 9.59 Å². The topological polar surface area (TPSA) is 132 Å². The maximum absolute atomic E-state index is 11.8. The highest BCUT2D eigenvalue weighted by Gasteiger charge is 2.16. The van der Waals surface area contributed by atoms with Crippen LogP contribution >= 0.6 is 0 Å². The van der Waals surface area contributed by atoms with Crippen LogP contribution in [0.4, 0.5) is 22.0 Å². The minimum atomic E-state index is -0.613. The number of benzene rings is 1. The van der Waals surface area contributed by atoms with Gasteiger partial charge in [-0.1, -0.05) is 6.07 Å². The van der Waals surface area contributed by atoms with E-state index >= 15 is 0 Å². The summed E-state index contributed by atoms with van der Waals surface area (Å²) in [6.07, 6.45) is -0.613. The molecule has 0 spiro atoms. The van der Waals surface area contributed by atoms with Gasteiger partial charge >= 0.3 is 6.09 Å². The van der Waals surface area contributed by atoms with Crippen molar-refractivity contribution >= 4 is 29.2 Å². The molecule has 2 rings (SSSR count). The molecule has 20 heavy (non-hydrogen) atoms. The Kier molecular flexibility index (Phi) is 3.80. The van der Waals surface area contributed by atoms with Crippen LogP contribution in [0, 0.1) is 0 Å². The summed E-state index contributed by atoms with van der Waals surface area (Å²) in [5.41, 5.74) is 6.19. The molecule has 1 aromatic carbocycles. The first-order chi connectivity index (χ1) is 9.60. The van der Waals surface area contributed by atoms with E-state index in [4.69, 9.17) is 5.73 Å². The Morgan fingerprint density at radius 1 is 1.25 bits per heavy atom. The second kappa shape index (κ2) is 5.69. The molecule has 2 aromatic rings. The number of nitrogens with zero attached hydrogens (tertiary/aromatic N) is 2. The molecule has 0 unspecified atom stereocenters. The number of carbonyl (C=O) groups is 2. The Balaban J connectivity index is 2.10. The van der Waals surface area contributed by atoms with Gasteiger partial charge in [0.2, 0.25) is 11.5 Å². The number of nitrogen functional groups attached to an aromatic ring is 1. The van der Waals surface area contributed by atoms with E-state index in [0.29, 0.717) is 11.4 Å². The maximum atomic E-state index is 11.8. The van der Waals surface area contributed by atoms with Crippen molar-refractivity contribution in [3.8, 4) is 0 Å². The predicted octanol–water partition coefficient (Wildman–Crippen LogP) is 1.08. The summed E-state index contributed by atoms with van der Waals surface area (Å²) >= 11 is 0. The summed E-state index contributed by atoms with van der Waals surface area (Å²) in [5.74, 6) is -0.676. The number of rotatable bonds is 3. The number of aromatic nitrogens is 2. The summed E-state index contributed by atoms with van der Waals surface area (Å²) in [5, 5.41) is 11.7. The van der Waals surface area contributed by atoms with E-state index in [1.165, 1.54) is 7.11 Å². The molecule has 0 aliphatic carbocycles. The fourth-order valence-corrected chi connectivity index (χ4v) is 1.39. The number of methoxy groups -OCH3 is 1. The molecule has 0 saturated carbocycles. The maximum Gasteiger partial charge on any atom is 0.411 e. The zero-order valence-electron chi connectivity index (χ0n) is 10.4. The van der Waals surface area contributed by atoms with Crippen molar-refractivity contribution in [2.45, 2.75) is 0 Å². The Bertz CT molecular complexity index is 639. The van der Waals surface area contributed by atoms with E-state index in [1.807, 2.05) is 0 Å². The third kappa shape index (κ3) is 3.02. The van der Waals surface area contributed by atoms with Gasteiger partial charge in [0.15, 0.2) is 0 Å². The fraction of sp³-hybridized carbons (Fsp3) is 0.0909. The Morgan fingerprint density at radius 2 is 1.95 bits per heavy atom. The van der Waals surface area contributed by atoms with Gasteiger partial charge in [-0.05, 0) is 28.5 Å². The van der Waals surface area contributed by atoms with Crippen LogP contribution in [0.2, 0.25) is 0 Å². The van der Waals surface area contributed by atoms with Crippen molar-refractivity contribution in [1.29, 1.82) is 0 Å². The zero-order chi connectivity index (χ0) is 14.5. The summed E-state index contributed by atoms with van der Waals surface area (Å²) < 4.78 is 8.80. The van der Waals surface area contributed by atoms with Crippen molar-refractivity contribution in [1.82, 2.24) is 10.3 Å². The number of hydrogen-bond donors (Lipinski definition) is 3. The number of hydrogen-bond acceptors (Lipinski definition) is 7. The highest BCUT2D eigenvalue weighted by molar-refractivity contribution is 6.05. The van der Waals surface area contributed by atoms with Gasteiger partial charge in [0.25, 0.3) is 5.91 Å². The van der Waals surface area contributed by atoms with Crippen molar-refractivity contribution in [2.75, 3.05) is 23.5 Å². The molecule has 4 N–H and O–H groups in total. The third-order valence-corrected chi connectivity index (χ3v) is 2.28. The van der Waals surface area contributed by atoms with Gasteiger partial charge in [0.1, 0.15) is 0 Å². The molecule has 1 heterocycles. The minimum absolute atomic E-state index is 0.105. The normalized spacial score (nSPS) is 9.85. The lowest BCUT2D eigenvalue weighted by Crippen LogP contribution is -2.15. The number of anilines is 3. The van der Waals surface area contributed by atoms with Gasteiger partial charge in [-0.15, -0.1) is 0 Å². The highest BCUT2D eigenvalue weighted by atomic mass is 16.6. The van der Waals surface area contributed by atoms with Gasteiger partial charge in [-0.3, -0.25) is 10.1 Å². The average Bonchev–Trinajstić information content (AvgIpc) is 2.85. The molecule has 1 aromatic heterocycles. The lowest BCUT2D eigenvalue weighted by Gasteiger charge is -2.07. The van der Waals surface area contributed by atoms with Crippen LogP contribution in [0.25, 0.3) is 0 Å². The molecule has 0 saturated heterocycles. The number of nitrogens with two attached hydrogens (primary N) is 1. The summed E-state index contributed by atoms with van der Waals surface area (Å²) in [6.45, 7) is 0. The summed E-state index contributed by atoms with van der Waals surface area (Å²) in [6, 6.07) is 6.45. The van der Waals surface area contributed by atoms with Gasteiger partial charge < -0.3 is 15.8 Å². The first-order valence-corrected chi connectivity index (χ1v) is 5.44. The fourth-order valence-electron chi connectivity index (χ4n) is 1.39. The monoisotopic (exact) mass is 277 g/mol. The number of carbonyl (C=O) groups excluding carboxylic acids is 2. The molecular formula is C11H11N5O4. The molecule has 0 aliphatic heterocycles. The van der Waals surface area contributed by atoms with E-state index < -0.39 is 12.0 Å². The third-order valence-electron chi connectivity index (χ3n) is 2.28. The lowest BCUT2D eigenvalue weighted by atomic mass is 10.2. The first kappa shape index (κ1) is 13.3. The molecule has 0 radical (unpaired) electrons. The van der Waals surface area contributed by atoms with Crippen LogP contribution in [0.5, 0.6) is 0 Å². The average molecular weight is 277 g/mol. The highest BCUT2D eigenvalue weighted by Crippen LogP contribution is 2.16. The van der Waals surface area contributed by atoms with Crippen LogP contribution in [-0.2, 0) is 4.74 Å². The van der Waals surface area contributed by atoms with Crippen LogP contribution in [0.3, 0.4) is 0 Å². The number of ether oxygens (including phenoxy) is 1. The largest absolute Gasteiger partial charge is 0.453 e. The zero-order valence-corrected chi connectivity index (χ0v) is 10.4. The Labute approximate surface area is 113 Å². The second-order valence-corrected chi connectivity index (χ2v) is 3.65. The van der Waals surface area contributed by atoms with Crippen molar-refractivity contribution < 1.29 is 19.0 Å². The summed E-state index contributed by atoms with van der Waals surface area (Å²) in [7, 11) is 1.25. The first-order valence-electron chi connectivity index (χ1n) is 5.44. The summed E-state index contributed by atoms with van der Waals surface area (Å²) in [4.78, 5) is 22.9. The predicted molar refractivity (Wildman–Crippen MR) is 69.1 cm³/mol. The van der Waals surface area contributed by atoms with Crippen LogP contribution in [0.15, 0.2) is 28.9 Å². The Hall–Kier alpha value is -3.10. The van der Waals surface area contributed by atoms with Crippen molar-refractivity contribution in [3.63, 3.8) is 0 Å². The standard InChI is InChI=1S/C11H11N5O4/c1-19-11(18)14-7-4-2-3-6(5-7)13-10(17)8-9(12)16-20-15-8/h2-5H,1H3,(H2,12,16)(H,13,17)(H,14,18). The van der Waals surface area contributed by atoms with Gasteiger partial charge in [0, 0.05) is 11.4 Å². The molecule has 2 amide bonds. The smallest absolute Gasteiger partial charge is 0.411 e. The lowest BCUT2D eigenvalue weighted by molar-refractivity contribution is 0.101. The SMILES string of the molecule is COC(=O)Nc1cccc(NC(=O)c2nonc2N)c1. The van der Waals surface area contributed by atoms with E-state index in [1.54, 1.807) is 24.3 Å². The van der Waals surface area contributed by atoms with Gasteiger partial charge in [-0.25, -0.2) is 9.42 Å². The second-order valence-electron chi connectivity index (χ2n) is 3.65. The molecule has 0 fully saturated rings. The molecule has 0 atom stereocenters. The van der Waals surface area contributed by atoms with Crippen LogP contribution in [0.1, 0.15) is 10.5 Å². The van der Waals surface area contributed by atoms with Crippen LogP contribution < -0.4 is 16.4 Å². The van der Waals surface area contributed by atoms with E-state index in [0.717, 1.165) is 0 Å². The quantitative estimate of drug-likeness (QED) is 0.764. The molecule has 104 valence electrons. The van der Waals surface area contributed by atoms with E-state index in [2.05, 4.69) is 30.3 Å². The van der Waals surface area contributed by atoms with Gasteiger partial charge in [-0.2, -0.15) is 0 Å². The van der Waals surface area contributed by atoms with Crippen molar-refractivity contribution in [2.24, 2.45) is 0 Å². The minimum Gasteiger partial charge on any atom is -0.453 e. The molecule has 9 nitrogen and oxygen atoms in total. The number of nitrogens with one attached hydrogen (secondary N) is 2. The van der Waals surface area contributed by atoms with Gasteiger partial charge in [0.05, 0.1) is 7.11 Å².